The van der Waals surface area contributed by atoms with E-state index in [1.54, 1.807) is 0 Å². The molecule has 0 atom stereocenters. The van der Waals surface area contributed by atoms with Crippen molar-refractivity contribution in [1.82, 2.24) is 24.9 Å². The van der Waals surface area contributed by atoms with E-state index < -0.39 is 10.0 Å². The molecule has 0 saturated heterocycles. The van der Waals surface area contributed by atoms with Crippen LogP contribution in [0, 0.1) is 0 Å². The summed E-state index contributed by atoms with van der Waals surface area (Å²) < 4.78 is 26.0. The fourth-order valence-electron chi connectivity index (χ4n) is 1.22. The lowest BCUT2D eigenvalue weighted by Crippen LogP contribution is -2.24. The zero-order chi connectivity index (χ0) is 13.0. The van der Waals surface area contributed by atoms with Gasteiger partial charge in [-0.05, 0) is 11.6 Å². The van der Waals surface area contributed by atoms with Crippen molar-refractivity contribution in [2.45, 2.75) is 18.2 Å². The van der Waals surface area contributed by atoms with Crippen LogP contribution in [0.25, 0.3) is 0 Å². The van der Waals surface area contributed by atoms with Crippen LogP contribution in [-0.2, 0) is 23.2 Å². The molecule has 0 amide bonds. The van der Waals surface area contributed by atoms with Crippen molar-refractivity contribution in [3.63, 3.8) is 0 Å². The van der Waals surface area contributed by atoms with Crippen molar-refractivity contribution >= 4 is 10.0 Å². The first kappa shape index (κ1) is 12.6. The Hall–Kier alpha value is -1.84. The van der Waals surface area contributed by atoms with Crippen molar-refractivity contribution < 1.29 is 13.5 Å². The lowest BCUT2D eigenvalue weighted by Gasteiger charge is -2.04. The van der Waals surface area contributed by atoms with Gasteiger partial charge < -0.3 is 5.11 Å². The zero-order valence-electron chi connectivity index (χ0n) is 9.24. The molecule has 2 rings (SSSR count). The minimum Gasteiger partial charge on any atom is -0.392 e. The third kappa shape index (κ3) is 2.88. The van der Waals surface area contributed by atoms with E-state index in [0.717, 1.165) is 0 Å². The summed E-state index contributed by atoms with van der Waals surface area (Å²) in [5.41, 5.74) is 0.546. The number of aliphatic hydroxyl groups is 1. The number of H-pyrrole nitrogens is 1. The highest BCUT2D eigenvalue weighted by molar-refractivity contribution is 7.89. The molecule has 0 unspecified atom stereocenters. The molecule has 18 heavy (non-hydrogen) atoms. The molecule has 0 saturated carbocycles. The van der Waals surface area contributed by atoms with Gasteiger partial charge in [-0.1, -0.05) is 6.07 Å². The maximum Gasteiger partial charge on any atom is 0.258 e. The Morgan fingerprint density at radius 3 is 2.72 bits per heavy atom. The second kappa shape index (κ2) is 5.21. The molecule has 0 radical (unpaired) electrons. The third-order valence-corrected chi connectivity index (χ3v) is 3.47. The molecule has 2 heterocycles. The second-order valence-electron chi connectivity index (χ2n) is 3.42. The summed E-state index contributed by atoms with van der Waals surface area (Å²) in [7, 11) is -3.69. The summed E-state index contributed by atoms with van der Waals surface area (Å²) in [6.07, 6.45) is 2.60. The predicted molar refractivity (Wildman–Crippen MR) is 60.6 cm³/mol. The van der Waals surface area contributed by atoms with E-state index in [-0.39, 0.29) is 18.2 Å². The largest absolute Gasteiger partial charge is 0.392 e. The van der Waals surface area contributed by atoms with Gasteiger partial charge >= 0.3 is 0 Å². The van der Waals surface area contributed by atoms with Crippen LogP contribution in [-0.4, -0.2) is 33.7 Å². The fraction of sp³-hybridized carbons (Fsp3) is 0.222. The first-order valence-corrected chi connectivity index (χ1v) is 6.50. The van der Waals surface area contributed by atoms with Crippen LogP contribution in [0.1, 0.15) is 11.4 Å². The van der Waals surface area contributed by atoms with Gasteiger partial charge in [0.25, 0.3) is 10.0 Å². The summed E-state index contributed by atoms with van der Waals surface area (Å²) >= 11 is 0. The average Bonchev–Trinajstić information content (AvgIpc) is 2.90. The molecule has 0 aliphatic carbocycles. The highest BCUT2D eigenvalue weighted by Gasteiger charge is 2.15. The van der Waals surface area contributed by atoms with Crippen LogP contribution in [0.15, 0.2) is 29.7 Å². The fourth-order valence-corrected chi connectivity index (χ4v) is 2.13. The molecule has 0 fully saturated rings. The van der Waals surface area contributed by atoms with E-state index in [4.69, 9.17) is 5.11 Å². The lowest BCUT2D eigenvalue weighted by atomic mass is 10.3. The minimum absolute atomic E-state index is 0.00572. The minimum atomic E-state index is -3.69. The standard InChI is InChI=1S/C9H11N5O3S/c15-5-7-1-2-9(10-3-7)18(16,17)13-4-8-11-6-12-14-8/h1-3,6,13,15H,4-5H2,(H,11,12,14). The van der Waals surface area contributed by atoms with Crippen molar-refractivity contribution in [3.8, 4) is 0 Å². The molecule has 8 nitrogen and oxygen atoms in total. The van der Waals surface area contributed by atoms with Gasteiger partial charge in [-0.15, -0.1) is 0 Å². The number of aliphatic hydroxyl groups excluding tert-OH is 1. The van der Waals surface area contributed by atoms with E-state index in [2.05, 4.69) is 24.9 Å². The molecule has 3 N–H and O–H groups in total. The lowest BCUT2D eigenvalue weighted by molar-refractivity contribution is 0.281. The summed E-state index contributed by atoms with van der Waals surface area (Å²) in [6, 6.07) is 2.82. The Bertz CT molecular complexity index is 594. The molecule has 0 bridgehead atoms. The molecule has 0 aliphatic heterocycles. The normalized spacial score (nSPS) is 11.6. The van der Waals surface area contributed by atoms with E-state index in [1.165, 1.54) is 24.7 Å². The number of aromatic nitrogens is 4. The molecule has 9 heteroatoms. The Balaban J connectivity index is 2.09. The summed E-state index contributed by atoms with van der Waals surface area (Å²) in [4.78, 5) is 7.56. The van der Waals surface area contributed by atoms with E-state index in [0.29, 0.717) is 11.4 Å². The average molecular weight is 269 g/mol. The van der Waals surface area contributed by atoms with E-state index in [1.807, 2.05) is 0 Å². The first-order valence-electron chi connectivity index (χ1n) is 5.01. The molecule has 0 aliphatic rings. The molecule has 2 aromatic heterocycles. The second-order valence-corrected chi connectivity index (χ2v) is 5.13. The Kier molecular flexibility index (Phi) is 3.65. The number of rotatable bonds is 5. The number of pyridine rings is 1. The number of hydrogen-bond donors (Lipinski definition) is 3. The topological polar surface area (TPSA) is 121 Å². The van der Waals surface area contributed by atoms with Crippen molar-refractivity contribution in [2.75, 3.05) is 0 Å². The van der Waals surface area contributed by atoms with Crippen LogP contribution >= 0.6 is 0 Å². The predicted octanol–water partition coefficient (Wildman–Crippen LogP) is -0.830. The number of hydrogen-bond acceptors (Lipinski definition) is 6. The summed E-state index contributed by atoms with van der Waals surface area (Å²) in [5.74, 6) is 0.408. The Morgan fingerprint density at radius 1 is 1.33 bits per heavy atom. The highest BCUT2D eigenvalue weighted by Crippen LogP contribution is 2.06. The quantitative estimate of drug-likeness (QED) is 0.651. The Labute approximate surface area is 103 Å². The number of aromatic amines is 1. The summed E-state index contributed by atoms with van der Waals surface area (Å²) in [6.45, 7) is -0.176. The zero-order valence-corrected chi connectivity index (χ0v) is 10.1. The van der Waals surface area contributed by atoms with Gasteiger partial charge in [-0.2, -0.15) is 5.10 Å². The smallest absolute Gasteiger partial charge is 0.258 e. The van der Waals surface area contributed by atoms with Gasteiger partial charge in [0.2, 0.25) is 0 Å². The monoisotopic (exact) mass is 269 g/mol. The van der Waals surface area contributed by atoms with Gasteiger partial charge in [-0.25, -0.2) is 23.1 Å². The summed E-state index contributed by atoms with van der Waals surface area (Å²) in [5, 5.41) is 14.9. The molecule has 0 spiro atoms. The maximum atomic E-state index is 11.8. The van der Waals surface area contributed by atoms with Crippen molar-refractivity contribution in [1.29, 1.82) is 0 Å². The van der Waals surface area contributed by atoms with Crippen LogP contribution in [0.3, 0.4) is 0 Å². The van der Waals surface area contributed by atoms with Crippen molar-refractivity contribution in [2.24, 2.45) is 0 Å². The van der Waals surface area contributed by atoms with Gasteiger partial charge in [0.05, 0.1) is 13.2 Å². The number of sulfonamides is 1. The van der Waals surface area contributed by atoms with Crippen LogP contribution in [0.5, 0.6) is 0 Å². The molecular formula is C9H11N5O3S. The van der Waals surface area contributed by atoms with Gasteiger partial charge in [0.1, 0.15) is 12.2 Å². The maximum absolute atomic E-state index is 11.8. The van der Waals surface area contributed by atoms with Crippen molar-refractivity contribution in [3.05, 3.63) is 36.0 Å². The number of nitrogens with one attached hydrogen (secondary N) is 2. The highest BCUT2D eigenvalue weighted by atomic mass is 32.2. The van der Waals surface area contributed by atoms with Crippen LogP contribution < -0.4 is 4.72 Å². The van der Waals surface area contributed by atoms with Gasteiger partial charge in [0, 0.05) is 6.20 Å². The van der Waals surface area contributed by atoms with Gasteiger partial charge in [0.15, 0.2) is 5.03 Å². The number of nitrogens with zero attached hydrogens (tertiary/aromatic N) is 3. The molecule has 96 valence electrons. The van der Waals surface area contributed by atoms with Crippen LogP contribution in [0.4, 0.5) is 0 Å². The molecule has 2 aromatic rings. The van der Waals surface area contributed by atoms with E-state index >= 15 is 0 Å². The van der Waals surface area contributed by atoms with Gasteiger partial charge in [-0.3, -0.25) is 5.10 Å². The first-order chi connectivity index (χ1) is 8.62. The van der Waals surface area contributed by atoms with E-state index in [9.17, 15) is 8.42 Å². The third-order valence-electron chi connectivity index (χ3n) is 2.15. The molecule has 0 aromatic carbocycles. The van der Waals surface area contributed by atoms with Crippen LogP contribution in [0.2, 0.25) is 0 Å². The SMILES string of the molecule is O=S(=O)(NCc1ncn[nH]1)c1ccc(CO)cn1. The Morgan fingerprint density at radius 2 is 2.17 bits per heavy atom. The molecular weight excluding hydrogens is 258 g/mol.